The van der Waals surface area contributed by atoms with Gasteiger partial charge in [0.15, 0.2) is 5.78 Å². The number of Topliss-reactive ketones (excluding diaryl/α,β-unsaturated/α-hetero) is 1. The number of hydrogen-bond donors (Lipinski definition) is 0. The van der Waals surface area contributed by atoms with Crippen LogP contribution in [0.15, 0.2) is 12.2 Å². The number of ketones is 1. The summed E-state index contributed by atoms with van der Waals surface area (Å²) in [5.41, 5.74) is -0.692. The van der Waals surface area contributed by atoms with Crippen LogP contribution in [-0.2, 0) is 14.3 Å². The van der Waals surface area contributed by atoms with Crippen LogP contribution in [0.3, 0.4) is 0 Å². The molecule has 0 amide bonds. The molecule has 15 heavy (non-hydrogen) atoms. The molecule has 1 fully saturated rings. The van der Waals surface area contributed by atoms with Gasteiger partial charge in [0.1, 0.15) is 5.41 Å². The first kappa shape index (κ1) is 12.2. The van der Waals surface area contributed by atoms with Crippen LogP contribution in [0.2, 0.25) is 0 Å². The van der Waals surface area contributed by atoms with Crippen LogP contribution in [0.25, 0.3) is 0 Å². The second-order valence-electron chi connectivity index (χ2n) is 3.64. The standard InChI is InChI=1S/C11H15ClO3/c1-3-15-10(14)11(8(2)7-12)6-4-5-9(11)13/h2-7H2,1H3. The number of halogens is 1. The quantitative estimate of drug-likeness (QED) is 0.322. The predicted molar refractivity (Wildman–Crippen MR) is 57.8 cm³/mol. The molecule has 1 unspecified atom stereocenters. The summed E-state index contributed by atoms with van der Waals surface area (Å²) in [6, 6.07) is 0. The molecule has 0 aromatic rings. The summed E-state index contributed by atoms with van der Waals surface area (Å²) in [6.07, 6.45) is 1.60. The van der Waals surface area contributed by atoms with E-state index in [2.05, 4.69) is 6.58 Å². The average molecular weight is 231 g/mol. The summed E-state index contributed by atoms with van der Waals surface area (Å²) in [7, 11) is 0. The normalized spacial score (nSPS) is 25.3. The van der Waals surface area contributed by atoms with Gasteiger partial charge in [0.2, 0.25) is 0 Å². The van der Waals surface area contributed by atoms with Crippen LogP contribution in [0.1, 0.15) is 26.2 Å². The number of rotatable bonds is 4. The highest BCUT2D eigenvalue weighted by Crippen LogP contribution is 2.42. The van der Waals surface area contributed by atoms with Crippen molar-refractivity contribution in [3.8, 4) is 0 Å². The van der Waals surface area contributed by atoms with Crippen LogP contribution in [0, 0.1) is 5.41 Å². The fourth-order valence-corrected chi connectivity index (χ4v) is 2.20. The Morgan fingerprint density at radius 2 is 2.33 bits per heavy atom. The molecule has 0 N–H and O–H groups in total. The van der Waals surface area contributed by atoms with Crippen molar-refractivity contribution in [3.05, 3.63) is 12.2 Å². The van der Waals surface area contributed by atoms with Gasteiger partial charge in [-0.1, -0.05) is 6.58 Å². The highest BCUT2D eigenvalue weighted by molar-refractivity contribution is 6.21. The van der Waals surface area contributed by atoms with E-state index in [0.29, 0.717) is 24.8 Å². The molecular formula is C11H15ClO3. The smallest absolute Gasteiger partial charge is 0.323 e. The molecule has 1 saturated carbocycles. The molecule has 0 bridgehead atoms. The van der Waals surface area contributed by atoms with E-state index >= 15 is 0 Å². The number of alkyl halides is 1. The minimum absolute atomic E-state index is 0.105. The van der Waals surface area contributed by atoms with E-state index < -0.39 is 11.4 Å². The van der Waals surface area contributed by atoms with Gasteiger partial charge in [-0.05, 0) is 25.3 Å². The first-order chi connectivity index (χ1) is 7.09. The molecule has 0 aromatic heterocycles. The molecule has 1 rings (SSSR count). The van der Waals surface area contributed by atoms with Crippen molar-refractivity contribution in [2.24, 2.45) is 5.41 Å². The molecule has 0 aliphatic heterocycles. The lowest BCUT2D eigenvalue weighted by molar-refractivity contribution is -0.156. The summed E-state index contributed by atoms with van der Waals surface area (Å²) in [5, 5.41) is 0. The minimum Gasteiger partial charge on any atom is -0.465 e. The number of carbonyl (C=O) groups excluding carboxylic acids is 2. The van der Waals surface area contributed by atoms with E-state index in [1.807, 2.05) is 0 Å². The maximum Gasteiger partial charge on any atom is 0.323 e. The molecular weight excluding hydrogens is 216 g/mol. The molecule has 1 aliphatic rings. The van der Waals surface area contributed by atoms with Gasteiger partial charge in [-0.3, -0.25) is 9.59 Å². The van der Waals surface area contributed by atoms with E-state index in [9.17, 15) is 9.59 Å². The zero-order chi connectivity index (χ0) is 11.5. The molecule has 84 valence electrons. The summed E-state index contributed by atoms with van der Waals surface area (Å²) in [5.74, 6) is -0.477. The molecule has 0 spiro atoms. The van der Waals surface area contributed by atoms with Crippen molar-refractivity contribution in [2.45, 2.75) is 26.2 Å². The van der Waals surface area contributed by atoms with Crippen LogP contribution in [0.4, 0.5) is 0 Å². The van der Waals surface area contributed by atoms with E-state index in [1.165, 1.54) is 0 Å². The maximum absolute atomic E-state index is 11.8. The lowest BCUT2D eigenvalue weighted by Crippen LogP contribution is -2.39. The predicted octanol–water partition coefficient (Wildman–Crippen LogP) is 2.08. The topological polar surface area (TPSA) is 43.4 Å². The fourth-order valence-electron chi connectivity index (χ4n) is 1.97. The molecule has 0 radical (unpaired) electrons. The van der Waals surface area contributed by atoms with E-state index in [4.69, 9.17) is 16.3 Å². The van der Waals surface area contributed by atoms with Crippen LogP contribution >= 0.6 is 11.6 Å². The van der Waals surface area contributed by atoms with Gasteiger partial charge in [-0.15, -0.1) is 11.6 Å². The zero-order valence-electron chi connectivity index (χ0n) is 8.85. The van der Waals surface area contributed by atoms with Crippen molar-refractivity contribution in [3.63, 3.8) is 0 Å². The van der Waals surface area contributed by atoms with Gasteiger partial charge < -0.3 is 4.74 Å². The third-order valence-electron chi connectivity index (χ3n) is 2.82. The highest BCUT2D eigenvalue weighted by atomic mass is 35.5. The Morgan fingerprint density at radius 3 is 2.73 bits per heavy atom. The largest absolute Gasteiger partial charge is 0.465 e. The molecule has 0 heterocycles. The van der Waals surface area contributed by atoms with Crippen molar-refractivity contribution in [2.75, 3.05) is 12.5 Å². The van der Waals surface area contributed by atoms with Gasteiger partial charge in [0.25, 0.3) is 0 Å². The van der Waals surface area contributed by atoms with Crippen molar-refractivity contribution in [1.82, 2.24) is 0 Å². The molecule has 1 atom stereocenters. The Bertz CT molecular complexity index is 298. The highest BCUT2D eigenvalue weighted by Gasteiger charge is 2.51. The summed E-state index contributed by atoms with van der Waals surface area (Å²) >= 11 is 5.67. The van der Waals surface area contributed by atoms with Gasteiger partial charge in [-0.25, -0.2) is 0 Å². The lowest BCUT2D eigenvalue weighted by Gasteiger charge is -2.26. The SMILES string of the molecule is C=C(CCl)C1(C(=O)OCC)CCCC1=O. The molecule has 0 saturated heterocycles. The second-order valence-corrected chi connectivity index (χ2v) is 3.91. The lowest BCUT2D eigenvalue weighted by atomic mass is 9.79. The van der Waals surface area contributed by atoms with Gasteiger partial charge in [-0.2, -0.15) is 0 Å². The minimum atomic E-state index is -1.15. The molecule has 1 aliphatic carbocycles. The fraction of sp³-hybridized carbons (Fsp3) is 0.636. The Balaban J connectivity index is 3.01. The van der Waals surface area contributed by atoms with Crippen LogP contribution in [0.5, 0.6) is 0 Å². The third kappa shape index (κ3) is 1.93. The number of carbonyl (C=O) groups is 2. The van der Waals surface area contributed by atoms with E-state index in [-0.39, 0.29) is 18.3 Å². The van der Waals surface area contributed by atoms with Crippen molar-refractivity contribution >= 4 is 23.4 Å². The van der Waals surface area contributed by atoms with Crippen LogP contribution < -0.4 is 0 Å². The molecule has 0 aromatic carbocycles. The Hall–Kier alpha value is -0.830. The maximum atomic E-state index is 11.8. The Labute approximate surface area is 94.4 Å². The number of esters is 1. The average Bonchev–Trinajstić information content (AvgIpc) is 2.60. The first-order valence-electron chi connectivity index (χ1n) is 5.04. The van der Waals surface area contributed by atoms with Gasteiger partial charge >= 0.3 is 5.97 Å². The zero-order valence-corrected chi connectivity index (χ0v) is 9.60. The second kappa shape index (κ2) is 4.79. The number of hydrogen-bond acceptors (Lipinski definition) is 3. The van der Waals surface area contributed by atoms with Crippen molar-refractivity contribution in [1.29, 1.82) is 0 Å². The van der Waals surface area contributed by atoms with Crippen LogP contribution in [-0.4, -0.2) is 24.2 Å². The summed E-state index contributed by atoms with van der Waals surface area (Å²) in [4.78, 5) is 23.6. The number of ether oxygens (including phenoxy) is 1. The van der Waals surface area contributed by atoms with Gasteiger partial charge in [0, 0.05) is 12.3 Å². The summed E-state index contributed by atoms with van der Waals surface area (Å²) in [6.45, 7) is 5.71. The summed E-state index contributed by atoms with van der Waals surface area (Å²) < 4.78 is 4.94. The van der Waals surface area contributed by atoms with E-state index in [1.54, 1.807) is 6.92 Å². The molecule has 3 nitrogen and oxygen atoms in total. The van der Waals surface area contributed by atoms with E-state index in [0.717, 1.165) is 0 Å². The Morgan fingerprint density at radius 1 is 1.67 bits per heavy atom. The Kier molecular flexibility index (Phi) is 3.91. The van der Waals surface area contributed by atoms with Gasteiger partial charge in [0.05, 0.1) is 6.61 Å². The monoisotopic (exact) mass is 230 g/mol. The first-order valence-corrected chi connectivity index (χ1v) is 5.57. The molecule has 4 heteroatoms. The van der Waals surface area contributed by atoms with Crippen molar-refractivity contribution < 1.29 is 14.3 Å². The third-order valence-corrected chi connectivity index (χ3v) is 3.14.